The minimum atomic E-state index is 0.725. The van der Waals surface area contributed by atoms with Gasteiger partial charge in [-0.3, -0.25) is 4.90 Å². The minimum absolute atomic E-state index is 0.725. The van der Waals surface area contributed by atoms with Gasteiger partial charge in [-0.1, -0.05) is 13.8 Å². The van der Waals surface area contributed by atoms with E-state index >= 15 is 0 Å². The van der Waals surface area contributed by atoms with Crippen molar-refractivity contribution >= 4 is 0 Å². The van der Waals surface area contributed by atoms with Gasteiger partial charge in [0.1, 0.15) is 0 Å². The van der Waals surface area contributed by atoms with Crippen LogP contribution in [-0.4, -0.2) is 49.3 Å². The van der Waals surface area contributed by atoms with Crippen LogP contribution in [0.2, 0.25) is 0 Å². The highest BCUT2D eigenvalue weighted by molar-refractivity contribution is 4.97. The second kappa shape index (κ2) is 5.48. The molecule has 3 nitrogen and oxygen atoms in total. The molecule has 2 saturated heterocycles. The van der Waals surface area contributed by atoms with Gasteiger partial charge >= 0.3 is 0 Å². The molecule has 2 aliphatic heterocycles. The summed E-state index contributed by atoms with van der Waals surface area (Å²) >= 11 is 0. The third-order valence-corrected chi connectivity index (χ3v) is 5.04. The lowest BCUT2D eigenvalue weighted by molar-refractivity contribution is -0.0125. The molecule has 2 atom stereocenters. The number of rotatable bonds is 3. The minimum Gasteiger partial charge on any atom is -0.381 e. The van der Waals surface area contributed by atoms with Gasteiger partial charge in [0, 0.05) is 44.4 Å². The number of piperazine rings is 1. The Morgan fingerprint density at radius 1 is 1.11 bits per heavy atom. The Kier molecular flexibility index (Phi) is 3.92. The summed E-state index contributed by atoms with van der Waals surface area (Å²) in [6.07, 6.45) is 5.37. The number of nitrogens with one attached hydrogen (secondary N) is 1. The summed E-state index contributed by atoms with van der Waals surface area (Å²) in [6, 6.07) is 2.26. The summed E-state index contributed by atoms with van der Waals surface area (Å²) in [5, 5.41) is 3.81. The van der Waals surface area contributed by atoms with Gasteiger partial charge in [-0.15, -0.1) is 0 Å². The van der Waals surface area contributed by atoms with Gasteiger partial charge in [-0.25, -0.2) is 0 Å². The SMILES string of the molecule is CC(C)C1CNC(C2CC2)CN1C1CCOCC1. The van der Waals surface area contributed by atoms with Crippen molar-refractivity contribution in [3.63, 3.8) is 0 Å². The smallest absolute Gasteiger partial charge is 0.0480 e. The molecule has 1 saturated carbocycles. The highest BCUT2D eigenvalue weighted by atomic mass is 16.5. The van der Waals surface area contributed by atoms with E-state index in [1.807, 2.05) is 0 Å². The van der Waals surface area contributed by atoms with Crippen molar-refractivity contribution in [2.24, 2.45) is 11.8 Å². The molecule has 0 amide bonds. The lowest BCUT2D eigenvalue weighted by Gasteiger charge is -2.47. The predicted octanol–water partition coefficient (Wildman–Crippen LogP) is 1.87. The van der Waals surface area contributed by atoms with Crippen molar-refractivity contribution in [3.8, 4) is 0 Å². The zero-order chi connectivity index (χ0) is 12.5. The van der Waals surface area contributed by atoms with Crippen LogP contribution in [0.1, 0.15) is 39.5 Å². The van der Waals surface area contributed by atoms with E-state index in [4.69, 9.17) is 4.74 Å². The molecule has 0 spiro atoms. The first-order valence-electron chi connectivity index (χ1n) is 7.82. The van der Waals surface area contributed by atoms with Crippen LogP contribution in [0.4, 0.5) is 0 Å². The van der Waals surface area contributed by atoms with E-state index < -0.39 is 0 Å². The molecule has 3 heteroatoms. The highest BCUT2D eigenvalue weighted by Crippen LogP contribution is 2.36. The number of hydrogen-bond donors (Lipinski definition) is 1. The number of ether oxygens (including phenoxy) is 1. The molecule has 3 aliphatic rings. The Morgan fingerprint density at radius 2 is 1.83 bits per heavy atom. The summed E-state index contributed by atoms with van der Waals surface area (Å²) in [5.41, 5.74) is 0. The molecule has 2 heterocycles. The van der Waals surface area contributed by atoms with Crippen LogP contribution in [0.25, 0.3) is 0 Å². The van der Waals surface area contributed by atoms with E-state index in [1.165, 1.54) is 38.8 Å². The second-order valence-corrected chi connectivity index (χ2v) is 6.70. The first-order valence-corrected chi connectivity index (χ1v) is 7.82. The molecule has 3 rings (SSSR count). The van der Waals surface area contributed by atoms with Crippen molar-refractivity contribution in [1.82, 2.24) is 10.2 Å². The van der Waals surface area contributed by atoms with E-state index in [2.05, 4.69) is 24.1 Å². The lowest BCUT2D eigenvalue weighted by atomic mass is 9.93. The van der Waals surface area contributed by atoms with Gasteiger partial charge < -0.3 is 10.1 Å². The van der Waals surface area contributed by atoms with Crippen LogP contribution in [0, 0.1) is 11.8 Å². The normalized spacial score (nSPS) is 36.2. The molecule has 0 aromatic rings. The van der Waals surface area contributed by atoms with E-state index in [0.29, 0.717) is 0 Å². The van der Waals surface area contributed by atoms with Crippen molar-refractivity contribution in [1.29, 1.82) is 0 Å². The average molecular weight is 252 g/mol. The fourth-order valence-electron chi connectivity index (χ4n) is 3.69. The van der Waals surface area contributed by atoms with Gasteiger partial charge in [-0.05, 0) is 37.5 Å². The molecule has 104 valence electrons. The van der Waals surface area contributed by atoms with E-state index in [1.54, 1.807) is 0 Å². The lowest BCUT2D eigenvalue weighted by Crippen LogP contribution is -2.62. The molecule has 0 aromatic heterocycles. The molecule has 18 heavy (non-hydrogen) atoms. The topological polar surface area (TPSA) is 24.5 Å². The molecular formula is C15H28N2O. The Bertz CT molecular complexity index is 272. The Morgan fingerprint density at radius 3 is 2.44 bits per heavy atom. The third kappa shape index (κ3) is 2.73. The summed E-state index contributed by atoms with van der Waals surface area (Å²) in [5.74, 6) is 1.72. The molecule has 1 aliphatic carbocycles. The van der Waals surface area contributed by atoms with Crippen LogP contribution >= 0.6 is 0 Å². The van der Waals surface area contributed by atoms with Crippen LogP contribution in [0.5, 0.6) is 0 Å². The van der Waals surface area contributed by atoms with Gasteiger partial charge in [0.05, 0.1) is 0 Å². The zero-order valence-electron chi connectivity index (χ0n) is 11.9. The molecule has 0 bridgehead atoms. The van der Waals surface area contributed by atoms with Gasteiger partial charge in [0.2, 0.25) is 0 Å². The summed E-state index contributed by atoms with van der Waals surface area (Å²) in [4.78, 5) is 2.83. The Balaban J connectivity index is 1.67. The molecule has 1 N–H and O–H groups in total. The molecular weight excluding hydrogens is 224 g/mol. The molecule has 2 unspecified atom stereocenters. The quantitative estimate of drug-likeness (QED) is 0.830. The van der Waals surface area contributed by atoms with Gasteiger partial charge in [0.25, 0.3) is 0 Å². The van der Waals surface area contributed by atoms with Crippen LogP contribution in [0.15, 0.2) is 0 Å². The zero-order valence-corrected chi connectivity index (χ0v) is 11.9. The van der Waals surface area contributed by atoms with Crippen molar-refractivity contribution in [2.75, 3.05) is 26.3 Å². The maximum absolute atomic E-state index is 5.53. The number of nitrogens with zero attached hydrogens (tertiary/aromatic N) is 1. The van der Waals surface area contributed by atoms with Gasteiger partial charge in [0.15, 0.2) is 0 Å². The van der Waals surface area contributed by atoms with Crippen molar-refractivity contribution in [3.05, 3.63) is 0 Å². The van der Waals surface area contributed by atoms with E-state index in [0.717, 1.165) is 43.2 Å². The first-order chi connectivity index (χ1) is 8.75. The monoisotopic (exact) mass is 252 g/mol. The average Bonchev–Trinajstić information content (AvgIpc) is 3.23. The third-order valence-electron chi connectivity index (χ3n) is 5.04. The maximum Gasteiger partial charge on any atom is 0.0480 e. The molecule has 3 fully saturated rings. The Hall–Kier alpha value is -0.120. The van der Waals surface area contributed by atoms with Crippen LogP contribution in [0.3, 0.4) is 0 Å². The van der Waals surface area contributed by atoms with Crippen LogP contribution in [-0.2, 0) is 4.74 Å². The van der Waals surface area contributed by atoms with Crippen LogP contribution < -0.4 is 5.32 Å². The first kappa shape index (κ1) is 12.9. The van der Waals surface area contributed by atoms with Crippen molar-refractivity contribution in [2.45, 2.75) is 57.7 Å². The van der Waals surface area contributed by atoms with E-state index in [9.17, 15) is 0 Å². The largest absolute Gasteiger partial charge is 0.381 e. The fraction of sp³-hybridized carbons (Fsp3) is 1.00. The molecule has 0 aromatic carbocycles. The Labute approximate surface area is 111 Å². The van der Waals surface area contributed by atoms with Gasteiger partial charge in [-0.2, -0.15) is 0 Å². The summed E-state index contributed by atoms with van der Waals surface area (Å²) < 4.78 is 5.53. The summed E-state index contributed by atoms with van der Waals surface area (Å²) in [7, 11) is 0. The number of hydrogen-bond acceptors (Lipinski definition) is 3. The highest BCUT2D eigenvalue weighted by Gasteiger charge is 2.40. The van der Waals surface area contributed by atoms with E-state index in [-0.39, 0.29) is 0 Å². The van der Waals surface area contributed by atoms with Crippen molar-refractivity contribution < 1.29 is 4.74 Å². The second-order valence-electron chi connectivity index (χ2n) is 6.70. The summed E-state index contributed by atoms with van der Waals surface area (Å²) in [6.45, 7) is 9.14. The fourth-order valence-corrected chi connectivity index (χ4v) is 3.69. The predicted molar refractivity (Wildman–Crippen MR) is 73.7 cm³/mol. The maximum atomic E-state index is 5.53. The standard InChI is InChI=1S/C15H28N2O/c1-11(2)15-9-16-14(12-3-4-12)10-17(15)13-5-7-18-8-6-13/h11-16H,3-10H2,1-2H3. The molecule has 0 radical (unpaired) electrons.